The molecule has 0 spiro atoms. The van der Waals surface area contributed by atoms with Gasteiger partial charge in [0.2, 0.25) is 0 Å². The van der Waals surface area contributed by atoms with Crippen molar-refractivity contribution in [1.82, 2.24) is 0 Å². The molecule has 1 saturated carbocycles. The molecule has 0 saturated heterocycles. The predicted molar refractivity (Wildman–Crippen MR) is 47.7 cm³/mol. The van der Waals surface area contributed by atoms with Crippen molar-refractivity contribution in [2.24, 2.45) is 5.92 Å². The van der Waals surface area contributed by atoms with Crippen LogP contribution >= 0.6 is 0 Å². The fourth-order valence-electron chi connectivity index (χ4n) is 1.28. The monoisotopic (exact) mass is 168 g/mol. The zero-order valence-electron chi connectivity index (χ0n) is 7.58. The van der Waals surface area contributed by atoms with Gasteiger partial charge in [-0.2, -0.15) is 0 Å². The minimum Gasteiger partial charge on any atom is -0.463 e. The number of hydrogen-bond acceptors (Lipinski definition) is 2. The number of carbonyl (C=O) groups excluding carboxylic acids is 1. The van der Waals surface area contributed by atoms with Crippen molar-refractivity contribution >= 4 is 5.97 Å². The summed E-state index contributed by atoms with van der Waals surface area (Å²) in [5.74, 6) is 0.618. The second-order valence-electron chi connectivity index (χ2n) is 3.19. The maximum absolute atomic E-state index is 10.8. The molecule has 0 unspecified atom stereocenters. The molecule has 0 aromatic heterocycles. The molecule has 0 amide bonds. The number of rotatable bonds is 4. The summed E-state index contributed by atoms with van der Waals surface area (Å²) in [6.07, 6.45) is 8.53. The fourth-order valence-corrected chi connectivity index (χ4v) is 1.28. The van der Waals surface area contributed by atoms with E-state index in [2.05, 4.69) is 0 Å². The molecule has 1 rings (SSSR count). The largest absolute Gasteiger partial charge is 0.463 e. The van der Waals surface area contributed by atoms with Crippen molar-refractivity contribution in [3.63, 3.8) is 0 Å². The fraction of sp³-hybridized carbons (Fsp3) is 0.700. The van der Waals surface area contributed by atoms with Gasteiger partial charge < -0.3 is 4.74 Å². The van der Waals surface area contributed by atoms with Crippen LogP contribution in [-0.2, 0) is 9.53 Å². The third kappa shape index (κ3) is 3.07. The van der Waals surface area contributed by atoms with Gasteiger partial charge in [-0.25, -0.2) is 4.79 Å². The van der Waals surface area contributed by atoms with Crippen molar-refractivity contribution in [2.45, 2.75) is 32.6 Å². The van der Waals surface area contributed by atoms with Crippen molar-refractivity contribution in [1.29, 1.82) is 0 Å². The first-order valence-corrected chi connectivity index (χ1v) is 4.66. The van der Waals surface area contributed by atoms with Gasteiger partial charge in [0.15, 0.2) is 0 Å². The predicted octanol–water partition coefficient (Wildman–Crippen LogP) is 2.30. The molecule has 0 aromatic rings. The lowest BCUT2D eigenvalue weighted by Gasteiger charge is -2.23. The summed E-state index contributed by atoms with van der Waals surface area (Å²) in [6.45, 7) is 2.28. The lowest BCUT2D eigenvalue weighted by atomic mass is 9.83. The van der Waals surface area contributed by atoms with Crippen LogP contribution in [0.2, 0.25) is 0 Å². The highest BCUT2D eigenvalue weighted by molar-refractivity contribution is 5.81. The molecule has 1 fully saturated rings. The zero-order chi connectivity index (χ0) is 8.81. The van der Waals surface area contributed by atoms with Crippen LogP contribution in [0.15, 0.2) is 12.2 Å². The van der Waals surface area contributed by atoms with Gasteiger partial charge in [-0.3, -0.25) is 0 Å². The number of carbonyl (C=O) groups is 1. The van der Waals surface area contributed by atoms with Crippen LogP contribution in [0.3, 0.4) is 0 Å². The van der Waals surface area contributed by atoms with Crippen LogP contribution in [-0.4, -0.2) is 12.6 Å². The summed E-state index contributed by atoms with van der Waals surface area (Å²) in [5.41, 5.74) is 0. The Morgan fingerprint density at radius 1 is 1.58 bits per heavy atom. The maximum Gasteiger partial charge on any atom is 0.330 e. The lowest BCUT2D eigenvalue weighted by Crippen LogP contribution is -2.09. The highest BCUT2D eigenvalue weighted by Crippen LogP contribution is 2.29. The van der Waals surface area contributed by atoms with Gasteiger partial charge in [0, 0.05) is 6.08 Å². The first-order valence-electron chi connectivity index (χ1n) is 4.66. The summed E-state index contributed by atoms with van der Waals surface area (Å²) in [6, 6.07) is 0. The van der Waals surface area contributed by atoms with Gasteiger partial charge in [0.1, 0.15) is 0 Å². The molecule has 1 aliphatic rings. The third-order valence-corrected chi connectivity index (χ3v) is 2.23. The highest BCUT2D eigenvalue weighted by Gasteiger charge is 2.15. The Hall–Kier alpha value is -0.790. The number of hydrogen-bond donors (Lipinski definition) is 0. The first kappa shape index (κ1) is 9.30. The summed E-state index contributed by atoms with van der Waals surface area (Å²) in [4.78, 5) is 10.8. The number of esters is 1. The van der Waals surface area contributed by atoms with Gasteiger partial charge in [0.05, 0.1) is 6.61 Å². The van der Waals surface area contributed by atoms with E-state index >= 15 is 0 Å². The second kappa shape index (κ2) is 4.96. The molecular weight excluding hydrogens is 152 g/mol. The minimum absolute atomic E-state index is 0.211. The summed E-state index contributed by atoms with van der Waals surface area (Å²) >= 11 is 0. The van der Waals surface area contributed by atoms with E-state index in [1.807, 2.05) is 13.0 Å². The smallest absolute Gasteiger partial charge is 0.330 e. The molecular formula is C10H16O2. The molecule has 0 N–H and O–H groups in total. The Morgan fingerprint density at radius 2 is 2.33 bits per heavy atom. The molecule has 0 bridgehead atoms. The Morgan fingerprint density at radius 3 is 2.83 bits per heavy atom. The maximum atomic E-state index is 10.8. The molecule has 0 radical (unpaired) electrons. The number of allylic oxidation sites excluding steroid dienone is 1. The summed E-state index contributed by atoms with van der Waals surface area (Å²) < 4.78 is 4.75. The van der Waals surface area contributed by atoms with E-state index in [9.17, 15) is 4.79 Å². The molecule has 0 heterocycles. The van der Waals surface area contributed by atoms with Crippen LogP contribution in [0.5, 0.6) is 0 Å². The Balaban J connectivity index is 2.07. The molecule has 0 atom stereocenters. The summed E-state index contributed by atoms with van der Waals surface area (Å²) in [7, 11) is 0. The minimum atomic E-state index is -0.211. The first-order chi connectivity index (χ1) is 5.83. The van der Waals surface area contributed by atoms with E-state index < -0.39 is 0 Å². The van der Waals surface area contributed by atoms with E-state index in [4.69, 9.17) is 4.74 Å². The van der Waals surface area contributed by atoms with Crippen LogP contribution < -0.4 is 0 Å². The molecule has 0 aromatic carbocycles. The quantitative estimate of drug-likeness (QED) is 0.475. The van der Waals surface area contributed by atoms with Crippen molar-refractivity contribution < 1.29 is 9.53 Å². The summed E-state index contributed by atoms with van der Waals surface area (Å²) in [5, 5.41) is 0. The van der Waals surface area contributed by atoms with Gasteiger partial charge >= 0.3 is 5.97 Å². The van der Waals surface area contributed by atoms with Gasteiger partial charge in [-0.15, -0.1) is 0 Å². The number of ether oxygens (including phenoxy) is 1. The molecule has 68 valence electrons. The highest BCUT2D eigenvalue weighted by atomic mass is 16.5. The van der Waals surface area contributed by atoms with Crippen molar-refractivity contribution in [3.8, 4) is 0 Å². The van der Waals surface area contributed by atoms with E-state index in [0.29, 0.717) is 6.61 Å². The van der Waals surface area contributed by atoms with Crippen LogP contribution in [0, 0.1) is 5.92 Å². The Bertz CT molecular complexity index is 169. The Kier molecular flexibility index (Phi) is 3.85. The average molecular weight is 168 g/mol. The standard InChI is InChI=1S/C10H16O2/c1-2-12-10(11)8-4-7-9-5-3-6-9/h4,8-9H,2-3,5-7H2,1H3/b8-4+. The SMILES string of the molecule is CCOC(=O)/C=C/CC1CCC1. The normalized spacial score (nSPS) is 17.8. The zero-order valence-corrected chi connectivity index (χ0v) is 7.58. The third-order valence-electron chi connectivity index (χ3n) is 2.23. The molecule has 2 heteroatoms. The van der Waals surface area contributed by atoms with Crippen LogP contribution in [0.1, 0.15) is 32.6 Å². The Labute approximate surface area is 73.6 Å². The van der Waals surface area contributed by atoms with Crippen molar-refractivity contribution in [3.05, 3.63) is 12.2 Å². The van der Waals surface area contributed by atoms with E-state index in [1.165, 1.54) is 19.3 Å². The topological polar surface area (TPSA) is 26.3 Å². The van der Waals surface area contributed by atoms with E-state index in [-0.39, 0.29) is 5.97 Å². The molecule has 0 aliphatic heterocycles. The second-order valence-corrected chi connectivity index (χ2v) is 3.19. The van der Waals surface area contributed by atoms with E-state index in [0.717, 1.165) is 12.3 Å². The van der Waals surface area contributed by atoms with Gasteiger partial charge in [0.25, 0.3) is 0 Å². The molecule has 1 aliphatic carbocycles. The van der Waals surface area contributed by atoms with E-state index in [1.54, 1.807) is 6.08 Å². The van der Waals surface area contributed by atoms with Crippen LogP contribution in [0.25, 0.3) is 0 Å². The molecule has 12 heavy (non-hydrogen) atoms. The average Bonchev–Trinajstić information content (AvgIpc) is 1.95. The van der Waals surface area contributed by atoms with Gasteiger partial charge in [-0.1, -0.05) is 25.3 Å². The lowest BCUT2D eigenvalue weighted by molar-refractivity contribution is -0.137. The van der Waals surface area contributed by atoms with Gasteiger partial charge in [-0.05, 0) is 19.3 Å². The molecule has 2 nitrogen and oxygen atoms in total. The van der Waals surface area contributed by atoms with Crippen LogP contribution in [0.4, 0.5) is 0 Å². The van der Waals surface area contributed by atoms with Crippen molar-refractivity contribution in [2.75, 3.05) is 6.61 Å².